The van der Waals surface area contributed by atoms with Crippen molar-refractivity contribution < 1.29 is 4.57 Å². The van der Waals surface area contributed by atoms with E-state index in [1.165, 1.54) is 80.4 Å². The van der Waals surface area contributed by atoms with Gasteiger partial charge >= 0.3 is 0 Å². The Morgan fingerprint density at radius 1 is 0.929 bits per heavy atom. The van der Waals surface area contributed by atoms with E-state index < -0.39 is 0 Å². The second-order valence-corrected chi connectivity index (χ2v) is 9.66. The van der Waals surface area contributed by atoms with Gasteiger partial charge < -0.3 is 0 Å². The number of benzene rings is 1. The number of imidazole rings is 1. The summed E-state index contributed by atoms with van der Waals surface area (Å²) in [4.78, 5) is 0. The summed E-state index contributed by atoms with van der Waals surface area (Å²) in [6, 6.07) is 8.95. The van der Waals surface area contributed by atoms with E-state index in [0.717, 1.165) is 5.92 Å². The van der Waals surface area contributed by atoms with Crippen molar-refractivity contribution in [2.75, 3.05) is 0 Å². The standard InChI is InChI=1S/C26H35N2/c1-19-11-7-10-16-23(19)27-20(2)24-17-18-26(3,22-14-5-4-6-15-22)28(24)25(27)21-12-8-9-13-21/h7,10-11,16-18,21-22H,4-6,8-9,12-15H2,1-3H3/q+1. The number of nitrogens with zero attached hydrogens (tertiary/aromatic N) is 2. The van der Waals surface area contributed by atoms with Crippen molar-refractivity contribution in [3.63, 3.8) is 0 Å². The molecule has 0 amide bonds. The molecule has 1 aliphatic heterocycles. The number of hydrogen-bond donors (Lipinski definition) is 0. The summed E-state index contributed by atoms with van der Waals surface area (Å²) in [5, 5.41) is 0. The molecule has 2 nitrogen and oxygen atoms in total. The molecule has 1 aromatic heterocycles. The van der Waals surface area contributed by atoms with Crippen LogP contribution in [0.3, 0.4) is 0 Å². The minimum absolute atomic E-state index is 0.145. The van der Waals surface area contributed by atoms with E-state index in [4.69, 9.17) is 0 Å². The molecular weight excluding hydrogens is 340 g/mol. The van der Waals surface area contributed by atoms with Crippen molar-refractivity contribution >= 4 is 6.08 Å². The van der Waals surface area contributed by atoms with Crippen LogP contribution in [0.1, 0.15) is 93.4 Å². The second-order valence-electron chi connectivity index (χ2n) is 9.66. The molecule has 2 aliphatic carbocycles. The molecule has 1 atom stereocenters. The van der Waals surface area contributed by atoms with Gasteiger partial charge in [-0.1, -0.05) is 50.3 Å². The quantitative estimate of drug-likeness (QED) is 0.552. The topological polar surface area (TPSA) is 8.81 Å². The molecule has 0 N–H and O–H groups in total. The van der Waals surface area contributed by atoms with E-state index in [-0.39, 0.29) is 5.54 Å². The Balaban J connectivity index is 1.74. The van der Waals surface area contributed by atoms with Crippen molar-refractivity contribution in [1.82, 2.24) is 4.57 Å². The lowest BCUT2D eigenvalue weighted by Gasteiger charge is -2.35. The summed E-state index contributed by atoms with van der Waals surface area (Å²) in [6.07, 6.45) is 17.4. The monoisotopic (exact) mass is 375 g/mol. The number of hydrogen-bond acceptors (Lipinski definition) is 0. The van der Waals surface area contributed by atoms with Gasteiger partial charge in [-0.2, -0.15) is 4.57 Å². The third kappa shape index (κ3) is 2.64. The first kappa shape index (κ1) is 18.2. The van der Waals surface area contributed by atoms with Crippen LogP contribution in [-0.2, 0) is 5.54 Å². The molecule has 2 fully saturated rings. The Morgan fingerprint density at radius 3 is 2.32 bits per heavy atom. The number of allylic oxidation sites excluding steroid dienone is 1. The number of aryl methyl sites for hydroxylation is 1. The van der Waals surface area contributed by atoms with Gasteiger partial charge in [-0.15, -0.1) is 0 Å². The second kappa shape index (κ2) is 6.90. The molecule has 0 radical (unpaired) electrons. The molecule has 28 heavy (non-hydrogen) atoms. The van der Waals surface area contributed by atoms with E-state index >= 15 is 0 Å². The minimum Gasteiger partial charge on any atom is -0.218 e. The van der Waals surface area contributed by atoms with E-state index in [2.05, 4.69) is 66.3 Å². The van der Waals surface area contributed by atoms with E-state index in [1.807, 2.05) is 0 Å². The highest BCUT2D eigenvalue weighted by Gasteiger charge is 2.49. The molecule has 2 heteroatoms. The molecule has 2 saturated carbocycles. The molecule has 0 bridgehead atoms. The van der Waals surface area contributed by atoms with Gasteiger partial charge in [0.05, 0.1) is 5.92 Å². The molecule has 0 saturated heterocycles. The Morgan fingerprint density at radius 2 is 1.61 bits per heavy atom. The Kier molecular flexibility index (Phi) is 4.49. The average molecular weight is 376 g/mol. The third-order valence-corrected chi connectivity index (χ3v) is 7.97. The van der Waals surface area contributed by atoms with Crippen LogP contribution in [0.5, 0.6) is 0 Å². The van der Waals surface area contributed by atoms with Gasteiger partial charge in [-0.25, -0.2) is 4.57 Å². The van der Waals surface area contributed by atoms with Crippen molar-refractivity contribution in [2.45, 2.75) is 90.0 Å². The number of rotatable bonds is 3. The fraction of sp³-hybridized carbons (Fsp3) is 0.577. The normalized spacial score (nSPS) is 25.5. The lowest BCUT2D eigenvalue weighted by molar-refractivity contribution is -0.761. The van der Waals surface area contributed by atoms with Gasteiger partial charge in [0.15, 0.2) is 11.4 Å². The average Bonchev–Trinajstić information content (AvgIpc) is 3.42. The van der Waals surface area contributed by atoms with E-state index in [0.29, 0.717) is 5.92 Å². The molecule has 2 aromatic rings. The predicted molar refractivity (Wildman–Crippen MR) is 116 cm³/mol. The number of aromatic nitrogens is 2. The molecule has 1 aromatic carbocycles. The summed E-state index contributed by atoms with van der Waals surface area (Å²) >= 11 is 0. The number of fused-ring (bicyclic) bond motifs is 1. The molecule has 2 heterocycles. The van der Waals surface area contributed by atoms with Crippen LogP contribution >= 0.6 is 0 Å². The summed E-state index contributed by atoms with van der Waals surface area (Å²) in [5.41, 5.74) is 5.78. The largest absolute Gasteiger partial charge is 0.266 e. The Bertz CT molecular complexity index is 907. The summed E-state index contributed by atoms with van der Waals surface area (Å²) < 4.78 is 5.42. The van der Waals surface area contributed by atoms with Crippen molar-refractivity contribution in [3.8, 4) is 5.69 Å². The van der Waals surface area contributed by atoms with Gasteiger partial charge in [-0.05, 0) is 63.3 Å². The highest BCUT2D eigenvalue weighted by Crippen LogP contribution is 2.43. The molecular formula is C26H35N2+. The van der Waals surface area contributed by atoms with Crippen LogP contribution in [-0.4, -0.2) is 4.57 Å². The van der Waals surface area contributed by atoms with E-state index in [9.17, 15) is 0 Å². The van der Waals surface area contributed by atoms with E-state index in [1.54, 1.807) is 5.82 Å². The van der Waals surface area contributed by atoms with Crippen molar-refractivity contribution in [2.24, 2.45) is 5.92 Å². The zero-order chi connectivity index (χ0) is 19.3. The lowest BCUT2D eigenvalue weighted by atomic mass is 9.75. The molecule has 3 aliphatic rings. The van der Waals surface area contributed by atoms with Gasteiger partial charge in [0, 0.05) is 12.8 Å². The Hall–Kier alpha value is -1.83. The van der Waals surface area contributed by atoms with Gasteiger partial charge in [0.1, 0.15) is 11.2 Å². The third-order valence-electron chi connectivity index (χ3n) is 7.97. The molecule has 0 spiro atoms. The first-order chi connectivity index (χ1) is 13.6. The van der Waals surface area contributed by atoms with Gasteiger partial charge in [0.25, 0.3) is 5.82 Å². The fourth-order valence-electron chi connectivity index (χ4n) is 6.37. The van der Waals surface area contributed by atoms with Gasteiger partial charge in [-0.3, -0.25) is 0 Å². The smallest absolute Gasteiger partial charge is 0.218 e. The highest BCUT2D eigenvalue weighted by atomic mass is 15.2. The van der Waals surface area contributed by atoms with Crippen LogP contribution < -0.4 is 4.57 Å². The first-order valence-corrected chi connectivity index (χ1v) is 11.5. The highest BCUT2D eigenvalue weighted by molar-refractivity contribution is 5.53. The molecule has 1 unspecified atom stereocenters. The summed E-state index contributed by atoms with van der Waals surface area (Å²) in [6.45, 7) is 7.13. The van der Waals surface area contributed by atoms with Crippen LogP contribution in [0.2, 0.25) is 0 Å². The Labute approximate surface area is 170 Å². The van der Waals surface area contributed by atoms with Gasteiger partial charge in [0.2, 0.25) is 0 Å². The zero-order valence-corrected chi connectivity index (χ0v) is 17.9. The van der Waals surface area contributed by atoms with Crippen molar-refractivity contribution in [3.05, 3.63) is 53.1 Å². The molecule has 148 valence electrons. The molecule has 5 rings (SSSR count). The predicted octanol–water partition coefficient (Wildman–Crippen LogP) is 6.36. The van der Waals surface area contributed by atoms with Crippen LogP contribution in [0.25, 0.3) is 11.8 Å². The minimum atomic E-state index is 0.145. The first-order valence-electron chi connectivity index (χ1n) is 11.5. The lowest BCUT2D eigenvalue weighted by Crippen LogP contribution is -2.59. The summed E-state index contributed by atoms with van der Waals surface area (Å²) in [5.74, 6) is 3.04. The number of para-hydroxylation sites is 1. The zero-order valence-electron chi connectivity index (χ0n) is 17.9. The van der Waals surface area contributed by atoms with Crippen LogP contribution in [0.4, 0.5) is 0 Å². The maximum absolute atomic E-state index is 2.79. The van der Waals surface area contributed by atoms with Crippen molar-refractivity contribution in [1.29, 1.82) is 0 Å². The maximum atomic E-state index is 2.79. The SMILES string of the molecule is Cc1ccccc1-n1c(C)c2[n+](c1C1CCCC1)C(C)(C1CCCCC1)C=C2. The van der Waals surface area contributed by atoms with Crippen LogP contribution in [0.15, 0.2) is 30.3 Å². The fourth-order valence-corrected chi connectivity index (χ4v) is 6.37. The maximum Gasteiger partial charge on any atom is 0.266 e. The summed E-state index contributed by atoms with van der Waals surface area (Å²) in [7, 11) is 0. The van der Waals surface area contributed by atoms with Crippen LogP contribution in [0, 0.1) is 19.8 Å².